The molecule has 4 nitrogen and oxygen atoms in total. The van der Waals surface area contributed by atoms with Crippen molar-refractivity contribution >= 4 is 21.4 Å². The van der Waals surface area contributed by atoms with Crippen LogP contribution < -0.4 is 0 Å². The molecule has 1 N–H and O–H groups in total. The lowest BCUT2D eigenvalue weighted by Crippen LogP contribution is -2.44. The van der Waals surface area contributed by atoms with E-state index in [9.17, 15) is 13.5 Å². The molecule has 1 saturated carbocycles. The van der Waals surface area contributed by atoms with Gasteiger partial charge in [-0.25, -0.2) is 8.42 Å². The Kier molecular flexibility index (Phi) is 4.17. The van der Waals surface area contributed by atoms with Crippen LogP contribution in [-0.2, 0) is 10.0 Å². The van der Waals surface area contributed by atoms with E-state index in [2.05, 4.69) is 0 Å². The maximum atomic E-state index is 13.0. The van der Waals surface area contributed by atoms with Crippen LogP contribution in [0.15, 0.2) is 11.0 Å². The minimum atomic E-state index is -3.43. The largest absolute Gasteiger partial charge is 0.390 e. The summed E-state index contributed by atoms with van der Waals surface area (Å²) < 4.78 is 27.5. The fourth-order valence-electron chi connectivity index (χ4n) is 4.23. The standard InChI is InChI=1S/C16H25NO3S2/c1-4-16(18)7-5-6-13-9-17(10-14(13)16)22(19,20)15-8-11(2)21-12(15)3/h8,13-14,18H,4-7,9-10H2,1-3H3/t13-,14+,16-/m1/s1. The Morgan fingerprint density at radius 2 is 2.14 bits per heavy atom. The van der Waals surface area contributed by atoms with Crippen LogP contribution in [0.3, 0.4) is 0 Å². The summed E-state index contributed by atoms with van der Waals surface area (Å²) in [5.41, 5.74) is -0.688. The fourth-order valence-corrected chi connectivity index (χ4v) is 7.27. The van der Waals surface area contributed by atoms with Crippen LogP contribution >= 0.6 is 11.3 Å². The zero-order valence-corrected chi connectivity index (χ0v) is 15.1. The average Bonchev–Trinajstić information content (AvgIpc) is 3.04. The second kappa shape index (κ2) is 5.58. The molecule has 0 unspecified atom stereocenters. The molecule has 1 saturated heterocycles. The van der Waals surface area contributed by atoms with Crippen molar-refractivity contribution in [2.75, 3.05) is 13.1 Å². The Morgan fingerprint density at radius 3 is 2.73 bits per heavy atom. The second-order valence-corrected chi connectivity index (χ2v) is 10.2. The van der Waals surface area contributed by atoms with E-state index < -0.39 is 15.6 Å². The lowest BCUT2D eigenvalue weighted by molar-refractivity contribution is -0.0605. The predicted octanol–water partition coefficient (Wildman–Crippen LogP) is 2.93. The van der Waals surface area contributed by atoms with Crippen LogP contribution in [0.5, 0.6) is 0 Å². The van der Waals surface area contributed by atoms with E-state index >= 15 is 0 Å². The highest BCUT2D eigenvalue weighted by Gasteiger charge is 2.50. The fraction of sp³-hybridized carbons (Fsp3) is 0.750. The predicted molar refractivity (Wildman–Crippen MR) is 88.6 cm³/mol. The van der Waals surface area contributed by atoms with Crippen molar-refractivity contribution in [3.8, 4) is 0 Å². The first kappa shape index (κ1) is 16.4. The van der Waals surface area contributed by atoms with Crippen molar-refractivity contribution in [3.63, 3.8) is 0 Å². The second-order valence-electron chi connectivity index (χ2n) is 6.82. The molecule has 1 aromatic rings. The molecule has 6 heteroatoms. The van der Waals surface area contributed by atoms with Crippen LogP contribution in [0.25, 0.3) is 0 Å². The number of aryl methyl sites for hydroxylation is 2. The monoisotopic (exact) mass is 343 g/mol. The summed E-state index contributed by atoms with van der Waals surface area (Å²) in [5.74, 6) is 0.384. The molecule has 3 rings (SSSR count). The van der Waals surface area contributed by atoms with Gasteiger partial charge in [0.25, 0.3) is 0 Å². The first-order valence-electron chi connectivity index (χ1n) is 8.07. The van der Waals surface area contributed by atoms with E-state index in [1.54, 1.807) is 10.4 Å². The molecule has 22 heavy (non-hydrogen) atoms. The molecule has 0 aromatic carbocycles. The number of sulfonamides is 1. The van der Waals surface area contributed by atoms with Gasteiger partial charge in [0.1, 0.15) is 0 Å². The number of hydrogen-bond donors (Lipinski definition) is 1. The van der Waals surface area contributed by atoms with E-state index in [1.807, 2.05) is 20.8 Å². The van der Waals surface area contributed by atoms with Gasteiger partial charge in [-0.05, 0) is 45.1 Å². The number of thiophene rings is 1. The molecule has 2 aliphatic rings. The van der Waals surface area contributed by atoms with Crippen LogP contribution in [0.2, 0.25) is 0 Å². The Labute approximate surface area is 137 Å². The molecule has 3 atom stereocenters. The van der Waals surface area contributed by atoms with Gasteiger partial charge >= 0.3 is 0 Å². The summed E-state index contributed by atoms with van der Waals surface area (Å²) in [6.07, 6.45) is 3.53. The summed E-state index contributed by atoms with van der Waals surface area (Å²) in [6.45, 7) is 6.84. The first-order chi connectivity index (χ1) is 10.3. The van der Waals surface area contributed by atoms with Gasteiger partial charge in [0, 0.05) is 28.8 Å². The van der Waals surface area contributed by atoms with Crippen molar-refractivity contribution in [2.24, 2.45) is 11.8 Å². The third kappa shape index (κ3) is 2.54. The van der Waals surface area contributed by atoms with Gasteiger partial charge in [0.2, 0.25) is 10.0 Å². The van der Waals surface area contributed by atoms with Crippen LogP contribution in [0.4, 0.5) is 0 Å². The third-order valence-corrected chi connectivity index (χ3v) is 8.56. The molecule has 0 spiro atoms. The lowest BCUT2D eigenvalue weighted by atomic mass is 9.69. The van der Waals surface area contributed by atoms with Crippen molar-refractivity contribution in [3.05, 3.63) is 15.8 Å². The quantitative estimate of drug-likeness (QED) is 0.918. The summed E-state index contributed by atoms with van der Waals surface area (Å²) in [7, 11) is -3.43. The zero-order chi connectivity index (χ0) is 16.1. The van der Waals surface area contributed by atoms with Crippen LogP contribution in [-0.4, -0.2) is 36.5 Å². The average molecular weight is 344 g/mol. The van der Waals surface area contributed by atoms with E-state index in [-0.39, 0.29) is 5.92 Å². The minimum Gasteiger partial charge on any atom is -0.390 e. The number of rotatable bonds is 3. The Morgan fingerprint density at radius 1 is 1.41 bits per heavy atom. The third-order valence-electron chi connectivity index (χ3n) is 5.51. The zero-order valence-electron chi connectivity index (χ0n) is 13.5. The molecule has 1 aliphatic carbocycles. The Balaban J connectivity index is 1.90. The van der Waals surface area contributed by atoms with Gasteiger partial charge < -0.3 is 5.11 Å². The maximum absolute atomic E-state index is 13.0. The smallest absolute Gasteiger partial charge is 0.244 e. The highest BCUT2D eigenvalue weighted by molar-refractivity contribution is 7.89. The topological polar surface area (TPSA) is 57.6 Å². The number of fused-ring (bicyclic) bond motifs is 1. The first-order valence-corrected chi connectivity index (χ1v) is 10.3. The van der Waals surface area contributed by atoms with Gasteiger partial charge in [-0.2, -0.15) is 4.31 Å². The maximum Gasteiger partial charge on any atom is 0.244 e. The Bertz CT molecular complexity index is 667. The molecule has 124 valence electrons. The Hall–Kier alpha value is -0.430. The van der Waals surface area contributed by atoms with Crippen molar-refractivity contribution in [1.29, 1.82) is 0 Å². The van der Waals surface area contributed by atoms with Crippen molar-refractivity contribution in [1.82, 2.24) is 4.31 Å². The molecule has 2 fully saturated rings. The molecule has 0 bridgehead atoms. The molecule has 0 radical (unpaired) electrons. The normalized spacial score (nSPS) is 33.1. The highest BCUT2D eigenvalue weighted by atomic mass is 32.2. The van der Waals surface area contributed by atoms with E-state index in [1.165, 1.54) is 11.3 Å². The lowest BCUT2D eigenvalue weighted by Gasteiger charge is -2.40. The number of hydrogen-bond acceptors (Lipinski definition) is 4. The van der Waals surface area contributed by atoms with E-state index in [4.69, 9.17) is 0 Å². The van der Waals surface area contributed by atoms with Crippen LogP contribution in [0.1, 0.15) is 42.4 Å². The summed E-state index contributed by atoms with van der Waals surface area (Å²) in [4.78, 5) is 2.34. The number of nitrogens with zero attached hydrogens (tertiary/aromatic N) is 1. The molecular formula is C16H25NO3S2. The molecule has 0 amide bonds. The van der Waals surface area contributed by atoms with Crippen molar-refractivity contribution in [2.45, 2.75) is 57.0 Å². The van der Waals surface area contributed by atoms with Gasteiger partial charge in [-0.1, -0.05) is 13.3 Å². The van der Waals surface area contributed by atoms with Gasteiger partial charge in [-0.3, -0.25) is 0 Å². The summed E-state index contributed by atoms with van der Waals surface area (Å²) in [6, 6.07) is 1.78. The van der Waals surface area contributed by atoms with Gasteiger partial charge in [0.15, 0.2) is 0 Å². The molecule has 1 aliphatic heterocycles. The van der Waals surface area contributed by atoms with Gasteiger partial charge in [-0.15, -0.1) is 11.3 Å². The number of aliphatic hydroxyl groups is 1. The van der Waals surface area contributed by atoms with E-state index in [0.29, 0.717) is 30.3 Å². The molecule has 1 aromatic heterocycles. The SMILES string of the molecule is CC[C@@]1(O)CCC[C@@H]2CN(S(=O)(=O)c3cc(C)sc3C)C[C@@H]21. The molecule has 2 heterocycles. The molecular weight excluding hydrogens is 318 g/mol. The van der Waals surface area contributed by atoms with Crippen molar-refractivity contribution < 1.29 is 13.5 Å². The van der Waals surface area contributed by atoms with Crippen LogP contribution in [0, 0.1) is 25.7 Å². The van der Waals surface area contributed by atoms with Gasteiger partial charge in [0.05, 0.1) is 10.5 Å². The highest BCUT2D eigenvalue weighted by Crippen LogP contribution is 2.45. The summed E-state index contributed by atoms with van der Waals surface area (Å²) in [5, 5.41) is 10.8. The minimum absolute atomic E-state index is 0.0843. The summed E-state index contributed by atoms with van der Waals surface area (Å²) >= 11 is 1.53. The van der Waals surface area contributed by atoms with E-state index in [0.717, 1.165) is 29.0 Å².